The molecule has 8 rings (SSSR count). The molecule has 24 nitrogen and oxygen atoms in total. The van der Waals surface area contributed by atoms with Gasteiger partial charge in [-0.3, -0.25) is 0 Å². The summed E-state index contributed by atoms with van der Waals surface area (Å²) in [5, 5.41) is 171. The first kappa shape index (κ1) is 62.8. The second-order valence-electron chi connectivity index (χ2n) is 25.9. The number of hydrogen-bond donors (Lipinski definition) is 16. The normalized spacial score (nSPS) is 51.4. The Bertz CT molecular complexity index is 2030. The van der Waals surface area contributed by atoms with Crippen LogP contribution in [0.25, 0.3) is 0 Å². The lowest BCUT2D eigenvalue weighted by atomic mass is 9.38. The second kappa shape index (κ2) is 23.7. The van der Waals surface area contributed by atoms with Gasteiger partial charge >= 0.3 is 0 Å². The second-order valence-corrected chi connectivity index (χ2v) is 25.9. The number of fused-ring (bicyclic) bond motifs is 5. The van der Waals surface area contributed by atoms with Crippen molar-refractivity contribution in [3.63, 3.8) is 0 Å². The summed E-state index contributed by atoms with van der Waals surface area (Å²) in [5.41, 5.74) is -2.02. The molecule has 452 valence electrons. The summed E-state index contributed by atoms with van der Waals surface area (Å²) in [6, 6.07) is 0. The lowest BCUT2D eigenvalue weighted by Crippen LogP contribution is -2.65. The molecule has 0 aromatic heterocycles. The summed E-state index contributed by atoms with van der Waals surface area (Å²) in [4.78, 5) is 0. The topological polar surface area (TPSA) is 398 Å². The summed E-state index contributed by atoms with van der Waals surface area (Å²) in [6.45, 7) is 13.9. The van der Waals surface area contributed by atoms with Gasteiger partial charge in [-0.25, -0.2) is 0 Å². The zero-order valence-corrected chi connectivity index (χ0v) is 46.1. The Morgan fingerprint density at radius 3 is 1.54 bits per heavy atom. The van der Waals surface area contributed by atoms with Gasteiger partial charge in [0.15, 0.2) is 25.2 Å². The lowest BCUT2D eigenvalue weighted by Gasteiger charge is -2.67. The molecular weight excluding hydrogens is 1030 g/mol. The van der Waals surface area contributed by atoms with Crippen LogP contribution in [0, 0.1) is 45.3 Å². The summed E-state index contributed by atoms with van der Waals surface area (Å²) in [5.74, 6) is 0.307. The molecule has 4 aliphatic carbocycles. The molecule has 0 radical (unpaired) electrons. The predicted octanol–water partition coefficient (Wildman–Crippen LogP) is -3.23. The molecule has 30 unspecified atom stereocenters. The van der Waals surface area contributed by atoms with Crippen molar-refractivity contribution >= 4 is 0 Å². The third-order valence-corrected chi connectivity index (χ3v) is 20.8. The van der Waals surface area contributed by atoms with Crippen LogP contribution in [0.4, 0.5) is 0 Å². The minimum Gasteiger partial charge on any atom is -0.394 e. The smallest absolute Gasteiger partial charge is 0.187 e. The highest BCUT2D eigenvalue weighted by Gasteiger charge is 2.70. The Hall–Kier alpha value is -1.22. The van der Waals surface area contributed by atoms with Crippen molar-refractivity contribution in [2.45, 2.75) is 253 Å². The molecule has 3 saturated carbocycles. The summed E-state index contributed by atoms with van der Waals surface area (Å²) < 4.78 is 46.9. The van der Waals surface area contributed by atoms with Gasteiger partial charge in [-0.1, -0.05) is 53.2 Å². The van der Waals surface area contributed by atoms with E-state index < -0.39 is 184 Å². The van der Waals surface area contributed by atoms with Gasteiger partial charge in [0.25, 0.3) is 0 Å². The van der Waals surface area contributed by atoms with E-state index in [1.54, 1.807) is 13.8 Å². The van der Waals surface area contributed by atoms with E-state index in [9.17, 15) is 81.7 Å². The summed E-state index contributed by atoms with van der Waals surface area (Å²) in [6.07, 6.45) is -26.2. The fraction of sp³-hybridized carbons (Fsp3) is 0.963. The first-order chi connectivity index (χ1) is 36.4. The quantitative estimate of drug-likeness (QED) is 0.0637. The van der Waals surface area contributed by atoms with E-state index in [0.717, 1.165) is 18.4 Å². The van der Waals surface area contributed by atoms with Crippen molar-refractivity contribution in [2.24, 2.45) is 45.3 Å². The number of hydrogen-bond acceptors (Lipinski definition) is 24. The highest BCUT2D eigenvalue weighted by Crippen LogP contribution is 2.75. The molecule has 0 amide bonds. The largest absolute Gasteiger partial charge is 0.394 e. The molecule has 8 aliphatic rings. The summed E-state index contributed by atoms with van der Waals surface area (Å²) in [7, 11) is 0. The first-order valence-electron chi connectivity index (χ1n) is 28.0. The van der Waals surface area contributed by atoms with E-state index in [2.05, 4.69) is 47.6 Å². The highest BCUT2D eigenvalue weighted by molar-refractivity contribution is 5.32. The minimum absolute atomic E-state index is 0.0242. The monoisotopic (exact) mass is 1120 g/mol. The van der Waals surface area contributed by atoms with E-state index in [-0.39, 0.29) is 34.5 Å². The van der Waals surface area contributed by atoms with Gasteiger partial charge in [-0.05, 0) is 99.7 Å². The fourth-order valence-electron chi connectivity index (χ4n) is 15.5. The Kier molecular flexibility index (Phi) is 19.1. The van der Waals surface area contributed by atoms with Gasteiger partial charge in [0, 0.05) is 10.8 Å². The van der Waals surface area contributed by atoms with Crippen molar-refractivity contribution in [2.75, 3.05) is 26.4 Å². The number of rotatable bonds is 17. The standard InChI is InChI=1S/C54H92O24/c1-22(9-13-33(51(4,5)70)78-49-45(69)41(65)37(61)29(76-49)21-72-47-43(67)39(63)35(59)27(19-56)74-47)23-15-16-52(6)30-12-10-24-25(54(30,8)31(57)17-53(23,52)7)11-14-32(50(24,2)3)77-48-44(68)40(64)36(60)28(75-48)20-71-46-42(66)38(62)34(58)26(18-55)73-46/h10,22-23,25-49,55-70H,9,11-21H2,1-8H3. The van der Waals surface area contributed by atoms with Crippen LogP contribution in [0.3, 0.4) is 0 Å². The Morgan fingerprint density at radius 1 is 0.577 bits per heavy atom. The van der Waals surface area contributed by atoms with Crippen LogP contribution in [-0.4, -0.2) is 255 Å². The highest BCUT2D eigenvalue weighted by atomic mass is 16.7. The van der Waals surface area contributed by atoms with E-state index in [0.29, 0.717) is 38.5 Å². The molecule has 0 aromatic rings. The molecular formula is C54H92O24. The third-order valence-electron chi connectivity index (χ3n) is 20.8. The van der Waals surface area contributed by atoms with Crippen molar-refractivity contribution in [1.29, 1.82) is 0 Å². The van der Waals surface area contributed by atoms with E-state index in [1.165, 1.54) is 0 Å². The SMILES string of the molecule is CC(CCC(OC1OC(COC2OC(CO)C(O)C(O)C2O)C(O)C(O)C1O)C(C)(C)O)C1CCC2(C)C3CC=C4C(CCC(OC5OC(COC6OC(CO)C(O)C(O)C6O)C(O)C(O)C5O)C4(C)C)C3(C)C(O)CC12C. The Morgan fingerprint density at radius 2 is 1.04 bits per heavy atom. The van der Waals surface area contributed by atoms with Crippen molar-refractivity contribution in [3.8, 4) is 0 Å². The fourth-order valence-corrected chi connectivity index (χ4v) is 15.5. The van der Waals surface area contributed by atoms with Gasteiger partial charge in [0.1, 0.15) is 97.7 Å². The predicted molar refractivity (Wildman–Crippen MR) is 268 cm³/mol. The van der Waals surface area contributed by atoms with Gasteiger partial charge in [-0.15, -0.1) is 0 Å². The van der Waals surface area contributed by atoms with Crippen molar-refractivity contribution < 1.29 is 120 Å². The van der Waals surface area contributed by atoms with Crippen LogP contribution in [-0.2, 0) is 37.9 Å². The average Bonchev–Trinajstić information content (AvgIpc) is 2.95. The van der Waals surface area contributed by atoms with Crippen LogP contribution >= 0.6 is 0 Å². The van der Waals surface area contributed by atoms with Gasteiger partial charge in [0.2, 0.25) is 0 Å². The van der Waals surface area contributed by atoms with Crippen LogP contribution in [0.2, 0.25) is 0 Å². The van der Waals surface area contributed by atoms with Crippen molar-refractivity contribution in [1.82, 2.24) is 0 Å². The molecule has 0 aromatic carbocycles. The molecule has 0 spiro atoms. The third kappa shape index (κ3) is 11.1. The number of aliphatic hydroxyl groups excluding tert-OH is 15. The minimum atomic E-state index is -1.77. The molecule has 30 atom stereocenters. The molecule has 4 heterocycles. The molecule has 16 N–H and O–H groups in total. The molecule has 78 heavy (non-hydrogen) atoms. The van der Waals surface area contributed by atoms with Gasteiger partial charge in [0.05, 0.1) is 50.3 Å². The lowest BCUT2D eigenvalue weighted by molar-refractivity contribution is -0.341. The zero-order chi connectivity index (χ0) is 57.5. The van der Waals surface area contributed by atoms with E-state index >= 15 is 0 Å². The van der Waals surface area contributed by atoms with Gasteiger partial charge < -0.3 is 120 Å². The maximum absolute atomic E-state index is 12.7. The molecule has 4 saturated heterocycles. The molecule has 0 bridgehead atoms. The average molecular weight is 1130 g/mol. The number of aliphatic hydroxyl groups is 16. The van der Waals surface area contributed by atoms with E-state index in [1.807, 2.05) is 0 Å². The molecule has 24 heteroatoms. The first-order valence-corrected chi connectivity index (χ1v) is 28.0. The Labute approximate surface area is 455 Å². The molecule has 7 fully saturated rings. The zero-order valence-electron chi connectivity index (χ0n) is 46.1. The maximum atomic E-state index is 12.7. The van der Waals surface area contributed by atoms with Crippen molar-refractivity contribution in [3.05, 3.63) is 11.6 Å². The van der Waals surface area contributed by atoms with E-state index in [4.69, 9.17) is 37.9 Å². The number of ether oxygens (including phenoxy) is 8. The molecule has 4 aliphatic heterocycles. The van der Waals surface area contributed by atoms with Crippen LogP contribution in [0.5, 0.6) is 0 Å². The van der Waals surface area contributed by atoms with Crippen LogP contribution in [0.15, 0.2) is 11.6 Å². The number of allylic oxidation sites excluding steroid dienone is 1. The van der Waals surface area contributed by atoms with Crippen LogP contribution in [0.1, 0.15) is 107 Å². The summed E-state index contributed by atoms with van der Waals surface area (Å²) >= 11 is 0. The van der Waals surface area contributed by atoms with Gasteiger partial charge in [-0.2, -0.15) is 0 Å². The van der Waals surface area contributed by atoms with Crippen LogP contribution < -0.4 is 0 Å². The Balaban J connectivity index is 0.909. The maximum Gasteiger partial charge on any atom is 0.187 e.